The topological polar surface area (TPSA) is 23.8 Å². The van der Waals surface area contributed by atoms with Crippen LogP contribution in [0.15, 0.2) is 164 Å². The molecule has 0 saturated heterocycles. The van der Waals surface area contributed by atoms with Gasteiger partial charge in [-0.2, -0.15) is 0 Å². The molecule has 8 aromatic carbocycles. The van der Waals surface area contributed by atoms with Gasteiger partial charge in [-0.1, -0.05) is 180 Å². The van der Waals surface area contributed by atoms with Gasteiger partial charge in [-0.15, -0.1) is 0 Å². The normalized spacial score (nSPS) is 13.9. The van der Waals surface area contributed by atoms with E-state index in [0.717, 1.165) is 50.1 Å². The van der Waals surface area contributed by atoms with Gasteiger partial charge in [-0.3, -0.25) is 4.40 Å². The standard InChI is InChI=1S/C65H63BN4/c1-62(2,3)42-22-28-46(29-23-42)68-55-33-26-44(64(7,8)9)38-51(55)66-52-39-45(65(10,11)12)27-34-56(52)69(47-30-24-43(25-31-47)63(4,5)6)59-37-41(36-58(68)60(59)66)40-21-32-53-57(35-40)70-54-20-16-15-18-49(54)48-17-13-14-19-50(48)61(70)67-53/h13-39H,1-12H3. The fraction of sp³-hybridized carbons (Fsp3) is 0.246. The van der Waals surface area contributed by atoms with Gasteiger partial charge < -0.3 is 9.80 Å². The number of hydrogen-bond donors (Lipinski definition) is 0. The minimum absolute atomic E-state index is 0.00950. The predicted octanol–water partition coefficient (Wildman–Crippen LogP) is 15.7. The second-order valence-corrected chi connectivity index (χ2v) is 24.2. The average Bonchev–Trinajstić information content (AvgIpc) is 3.72. The number of hydrogen-bond acceptors (Lipinski definition) is 3. The van der Waals surface area contributed by atoms with Gasteiger partial charge in [0.05, 0.1) is 16.6 Å². The molecule has 10 aromatic rings. The molecule has 2 aliphatic heterocycles. The lowest BCUT2D eigenvalue weighted by Crippen LogP contribution is -2.61. The molecule has 0 bridgehead atoms. The molecule has 346 valence electrons. The lowest BCUT2D eigenvalue weighted by molar-refractivity contribution is 0.590. The molecule has 0 atom stereocenters. The fourth-order valence-corrected chi connectivity index (χ4v) is 11.4. The van der Waals surface area contributed by atoms with Crippen LogP contribution in [0.4, 0.5) is 34.1 Å². The summed E-state index contributed by atoms with van der Waals surface area (Å²) in [6.07, 6.45) is 0. The monoisotopic (exact) mass is 911 g/mol. The lowest BCUT2D eigenvalue weighted by Gasteiger charge is -2.45. The van der Waals surface area contributed by atoms with Gasteiger partial charge in [0.15, 0.2) is 0 Å². The molecule has 0 unspecified atom stereocenters. The average molecular weight is 911 g/mol. The lowest BCUT2D eigenvalue weighted by atomic mass is 9.33. The number of benzene rings is 8. The first-order chi connectivity index (χ1) is 33.2. The number of rotatable bonds is 3. The zero-order chi connectivity index (χ0) is 48.8. The molecule has 4 heterocycles. The summed E-state index contributed by atoms with van der Waals surface area (Å²) in [6.45, 7) is 27.8. The SMILES string of the molecule is CC(C)(C)c1ccc(N2c3ccc(C(C)(C)C)cc3B3c4cc(C(C)(C)C)ccc4N(c4ccc(C(C)(C)C)cc4)c4cc(-c5ccc6nc7c8ccccc8c8ccccc8n7c6c5)cc2c43)cc1. The molecule has 0 N–H and O–H groups in total. The maximum absolute atomic E-state index is 5.35. The molecule has 0 saturated carbocycles. The van der Waals surface area contributed by atoms with E-state index in [2.05, 4.69) is 261 Å². The van der Waals surface area contributed by atoms with E-state index in [0.29, 0.717) is 0 Å². The van der Waals surface area contributed by atoms with E-state index in [1.807, 2.05) is 0 Å². The van der Waals surface area contributed by atoms with Crippen LogP contribution in [0, 0.1) is 0 Å². The van der Waals surface area contributed by atoms with E-state index >= 15 is 0 Å². The number of aromatic nitrogens is 2. The van der Waals surface area contributed by atoms with Crippen molar-refractivity contribution in [1.29, 1.82) is 0 Å². The third-order valence-corrected chi connectivity index (χ3v) is 15.4. The van der Waals surface area contributed by atoms with Crippen molar-refractivity contribution in [2.75, 3.05) is 9.80 Å². The van der Waals surface area contributed by atoms with Crippen molar-refractivity contribution in [3.63, 3.8) is 0 Å². The zero-order valence-electron chi connectivity index (χ0n) is 43.0. The predicted molar refractivity (Wildman–Crippen MR) is 302 cm³/mol. The second-order valence-electron chi connectivity index (χ2n) is 24.2. The Morgan fingerprint density at radius 1 is 0.371 bits per heavy atom. The van der Waals surface area contributed by atoms with Gasteiger partial charge in [-0.05, 0) is 144 Å². The Morgan fingerprint density at radius 3 is 1.33 bits per heavy atom. The first-order valence-electron chi connectivity index (χ1n) is 25.2. The van der Waals surface area contributed by atoms with Crippen LogP contribution in [0.1, 0.15) is 105 Å². The first-order valence-corrected chi connectivity index (χ1v) is 25.2. The summed E-state index contributed by atoms with van der Waals surface area (Å²) in [7, 11) is 0. The minimum atomic E-state index is -0.0408. The Balaban J connectivity index is 1.19. The molecule has 4 nitrogen and oxygen atoms in total. The number of pyridine rings is 1. The summed E-state index contributed by atoms with van der Waals surface area (Å²) in [5.74, 6) is 0. The van der Waals surface area contributed by atoms with Crippen molar-refractivity contribution >= 4 is 95.6 Å². The molecule has 70 heavy (non-hydrogen) atoms. The highest BCUT2D eigenvalue weighted by molar-refractivity contribution is 7.00. The summed E-state index contributed by atoms with van der Waals surface area (Å²) in [6, 6.07) is 62.7. The molecule has 2 aliphatic rings. The maximum Gasteiger partial charge on any atom is 0.252 e. The maximum atomic E-state index is 5.35. The number of anilines is 6. The summed E-state index contributed by atoms with van der Waals surface area (Å²) >= 11 is 0. The van der Waals surface area contributed by atoms with Gasteiger partial charge in [0.25, 0.3) is 6.71 Å². The van der Waals surface area contributed by atoms with Crippen molar-refractivity contribution in [2.24, 2.45) is 0 Å². The molecule has 2 aromatic heterocycles. The third-order valence-electron chi connectivity index (χ3n) is 15.4. The molecule has 0 radical (unpaired) electrons. The Kier molecular flexibility index (Phi) is 9.58. The highest BCUT2D eigenvalue weighted by Gasteiger charge is 2.44. The smallest absolute Gasteiger partial charge is 0.252 e. The number of fused-ring (bicyclic) bond motifs is 12. The molecular weight excluding hydrogens is 848 g/mol. The first kappa shape index (κ1) is 44.1. The van der Waals surface area contributed by atoms with Crippen LogP contribution >= 0.6 is 0 Å². The van der Waals surface area contributed by atoms with E-state index < -0.39 is 0 Å². The van der Waals surface area contributed by atoms with E-state index in [1.165, 1.54) is 72.2 Å². The quantitative estimate of drug-likeness (QED) is 0.130. The number of imidazole rings is 1. The van der Waals surface area contributed by atoms with E-state index in [9.17, 15) is 0 Å². The molecule has 0 fully saturated rings. The highest BCUT2D eigenvalue weighted by Crippen LogP contribution is 2.48. The van der Waals surface area contributed by atoms with Crippen molar-refractivity contribution in [3.05, 3.63) is 186 Å². The van der Waals surface area contributed by atoms with Gasteiger partial charge in [0.2, 0.25) is 0 Å². The van der Waals surface area contributed by atoms with Gasteiger partial charge in [0, 0.05) is 44.9 Å². The Hall–Kier alpha value is -7.11. The van der Waals surface area contributed by atoms with Crippen LogP contribution in [0.5, 0.6) is 0 Å². The second kappa shape index (κ2) is 15.2. The minimum Gasteiger partial charge on any atom is -0.311 e. The van der Waals surface area contributed by atoms with Crippen LogP contribution in [0.25, 0.3) is 49.5 Å². The Labute approximate surface area is 414 Å². The van der Waals surface area contributed by atoms with Gasteiger partial charge in [0.1, 0.15) is 5.65 Å². The summed E-state index contributed by atoms with van der Waals surface area (Å²) in [5.41, 5.74) is 23.0. The summed E-state index contributed by atoms with van der Waals surface area (Å²) in [4.78, 5) is 10.5. The van der Waals surface area contributed by atoms with Crippen molar-refractivity contribution < 1.29 is 0 Å². The Bertz CT molecular complexity index is 3610. The van der Waals surface area contributed by atoms with E-state index in [4.69, 9.17) is 4.98 Å². The molecular formula is C65H63BN4. The molecule has 0 aliphatic carbocycles. The molecule has 5 heteroatoms. The number of nitrogens with zero attached hydrogens (tertiary/aromatic N) is 4. The summed E-state index contributed by atoms with van der Waals surface area (Å²) in [5, 5.41) is 3.61. The summed E-state index contributed by atoms with van der Waals surface area (Å²) < 4.78 is 2.38. The van der Waals surface area contributed by atoms with Crippen molar-refractivity contribution in [3.8, 4) is 11.1 Å². The fourth-order valence-electron chi connectivity index (χ4n) is 11.4. The molecule has 0 amide bonds. The Morgan fingerprint density at radius 2 is 0.829 bits per heavy atom. The van der Waals surface area contributed by atoms with E-state index in [-0.39, 0.29) is 28.4 Å². The van der Waals surface area contributed by atoms with Crippen LogP contribution in [-0.4, -0.2) is 16.1 Å². The zero-order valence-corrected chi connectivity index (χ0v) is 43.0. The van der Waals surface area contributed by atoms with Gasteiger partial charge in [-0.25, -0.2) is 4.98 Å². The molecule has 12 rings (SSSR count). The van der Waals surface area contributed by atoms with E-state index in [1.54, 1.807) is 0 Å². The van der Waals surface area contributed by atoms with Crippen LogP contribution in [-0.2, 0) is 21.7 Å². The third kappa shape index (κ3) is 6.90. The largest absolute Gasteiger partial charge is 0.311 e. The number of para-hydroxylation sites is 1. The van der Waals surface area contributed by atoms with Gasteiger partial charge >= 0.3 is 0 Å². The van der Waals surface area contributed by atoms with Crippen LogP contribution in [0.2, 0.25) is 0 Å². The van der Waals surface area contributed by atoms with Crippen LogP contribution < -0.4 is 26.2 Å². The van der Waals surface area contributed by atoms with Crippen molar-refractivity contribution in [1.82, 2.24) is 9.38 Å². The van der Waals surface area contributed by atoms with Crippen molar-refractivity contribution in [2.45, 2.75) is 105 Å². The highest BCUT2D eigenvalue weighted by atomic mass is 15.2. The van der Waals surface area contributed by atoms with Crippen LogP contribution in [0.3, 0.4) is 0 Å². The molecule has 0 spiro atoms.